The van der Waals surface area contributed by atoms with Crippen LogP contribution in [0, 0.1) is 15.5 Å². The largest absolute Gasteiger partial charge is 0.492 e. The number of nitro groups is 1. The van der Waals surface area contributed by atoms with E-state index in [2.05, 4.69) is 31.4 Å². The van der Waals surface area contributed by atoms with Crippen molar-refractivity contribution in [1.29, 1.82) is 0 Å². The fraction of sp³-hybridized carbons (Fsp3) is 0.500. The first-order valence-corrected chi connectivity index (χ1v) is 7.34. The molecular formula is C16H25N3O3. The van der Waals surface area contributed by atoms with Crippen LogP contribution in [0.4, 0.5) is 5.69 Å². The third kappa shape index (κ3) is 5.63. The SMILES string of the molecule is CCOc1ccccc1NC(=C[N+](=O)[O-])NC(C)C(C)(C)C. The Kier molecular flexibility index (Phi) is 6.22. The molecule has 0 amide bonds. The standard InChI is InChI=1S/C16H25N3O3/c1-6-22-14-10-8-7-9-13(14)18-15(11-19(20)21)17-12(2)16(3,4)5/h7-12,17-18H,6H2,1-5H3. The van der Waals surface area contributed by atoms with Crippen LogP contribution >= 0.6 is 0 Å². The van der Waals surface area contributed by atoms with E-state index in [0.29, 0.717) is 23.9 Å². The molecule has 1 unspecified atom stereocenters. The van der Waals surface area contributed by atoms with Crippen molar-refractivity contribution in [2.45, 2.75) is 40.7 Å². The number of anilines is 1. The van der Waals surface area contributed by atoms with Crippen molar-refractivity contribution in [2.24, 2.45) is 5.41 Å². The predicted molar refractivity (Wildman–Crippen MR) is 88.4 cm³/mol. The van der Waals surface area contributed by atoms with Crippen LogP contribution in [0.2, 0.25) is 0 Å². The Balaban J connectivity index is 2.98. The van der Waals surface area contributed by atoms with Crippen molar-refractivity contribution in [3.63, 3.8) is 0 Å². The maximum Gasteiger partial charge on any atom is 0.274 e. The van der Waals surface area contributed by atoms with Crippen molar-refractivity contribution in [1.82, 2.24) is 5.32 Å². The Hall–Kier alpha value is -2.24. The summed E-state index contributed by atoms with van der Waals surface area (Å²) in [6.45, 7) is 10.6. The highest BCUT2D eigenvalue weighted by atomic mass is 16.6. The smallest absolute Gasteiger partial charge is 0.274 e. The van der Waals surface area contributed by atoms with Gasteiger partial charge in [-0.15, -0.1) is 0 Å². The quantitative estimate of drug-likeness (QED) is 0.594. The van der Waals surface area contributed by atoms with Crippen molar-refractivity contribution in [3.05, 3.63) is 46.4 Å². The molecule has 0 heterocycles. The molecule has 0 bridgehead atoms. The number of ether oxygens (including phenoxy) is 1. The zero-order valence-corrected chi connectivity index (χ0v) is 13.8. The Morgan fingerprint density at radius 1 is 1.41 bits per heavy atom. The number of benzene rings is 1. The van der Waals surface area contributed by atoms with Crippen LogP contribution in [0.3, 0.4) is 0 Å². The third-order valence-corrected chi connectivity index (χ3v) is 3.36. The minimum Gasteiger partial charge on any atom is -0.492 e. The molecule has 1 aromatic carbocycles. The molecule has 1 rings (SSSR count). The second-order valence-corrected chi connectivity index (χ2v) is 6.11. The maximum atomic E-state index is 10.9. The number of hydrogen-bond donors (Lipinski definition) is 2. The van der Waals surface area contributed by atoms with E-state index in [0.717, 1.165) is 6.20 Å². The summed E-state index contributed by atoms with van der Waals surface area (Å²) in [7, 11) is 0. The summed E-state index contributed by atoms with van der Waals surface area (Å²) in [4.78, 5) is 10.4. The summed E-state index contributed by atoms with van der Waals surface area (Å²) < 4.78 is 5.53. The summed E-state index contributed by atoms with van der Waals surface area (Å²) in [5.41, 5.74) is 0.655. The summed E-state index contributed by atoms with van der Waals surface area (Å²) in [5.74, 6) is 0.990. The van der Waals surface area contributed by atoms with Gasteiger partial charge in [-0.25, -0.2) is 0 Å². The molecule has 0 fully saturated rings. The molecule has 0 aliphatic rings. The molecule has 0 aliphatic carbocycles. The fourth-order valence-electron chi connectivity index (χ4n) is 1.66. The van der Waals surface area contributed by atoms with Crippen LogP contribution < -0.4 is 15.4 Å². The topological polar surface area (TPSA) is 76.4 Å². The number of para-hydroxylation sites is 2. The molecule has 0 aliphatic heterocycles. The number of nitrogens with one attached hydrogen (secondary N) is 2. The average molecular weight is 307 g/mol. The van der Waals surface area contributed by atoms with E-state index >= 15 is 0 Å². The van der Waals surface area contributed by atoms with Gasteiger partial charge >= 0.3 is 0 Å². The van der Waals surface area contributed by atoms with Gasteiger partial charge in [0.15, 0.2) is 5.82 Å². The van der Waals surface area contributed by atoms with Crippen LogP contribution in [0.15, 0.2) is 36.3 Å². The predicted octanol–water partition coefficient (Wildman–Crippen LogP) is 3.60. The van der Waals surface area contributed by atoms with Gasteiger partial charge in [-0.2, -0.15) is 0 Å². The van der Waals surface area contributed by atoms with Crippen molar-refractivity contribution in [3.8, 4) is 5.75 Å². The molecule has 0 radical (unpaired) electrons. The van der Waals surface area contributed by atoms with Crippen LogP contribution in [-0.2, 0) is 0 Å². The minimum absolute atomic E-state index is 0.0309. The van der Waals surface area contributed by atoms with Gasteiger partial charge in [0.25, 0.3) is 6.20 Å². The highest BCUT2D eigenvalue weighted by Crippen LogP contribution is 2.26. The van der Waals surface area contributed by atoms with Crippen LogP contribution in [-0.4, -0.2) is 17.6 Å². The Bertz CT molecular complexity index is 536. The number of nitrogens with zero attached hydrogens (tertiary/aromatic N) is 1. The molecule has 6 heteroatoms. The first kappa shape index (κ1) is 17.8. The van der Waals surface area contributed by atoms with Crippen molar-refractivity contribution >= 4 is 5.69 Å². The normalized spacial score (nSPS) is 13.4. The monoisotopic (exact) mass is 307 g/mol. The second-order valence-electron chi connectivity index (χ2n) is 6.11. The minimum atomic E-state index is -0.478. The lowest BCUT2D eigenvalue weighted by atomic mass is 9.88. The van der Waals surface area contributed by atoms with Gasteiger partial charge in [0.2, 0.25) is 0 Å². The van der Waals surface area contributed by atoms with E-state index in [-0.39, 0.29) is 11.5 Å². The molecule has 2 N–H and O–H groups in total. The molecule has 1 atom stereocenters. The molecule has 1 aromatic rings. The van der Waals surface area contributed by atoms with Crippen LogP contribution in [0.1, 0.15) is 34.6 Å². The lowest BCUT2D eigenvalue weighted by molar-refractivity contribution is -0.403. The maximum absolute atomic E-state index is 10.9. The van der Waals surface area contributed by atoms with Crippen LogP contribution in [0.5, 0.6) is 5.75 Å². The second kappa shape index (κ2) is 7.68. The highest BCUT2D eigenvalue weighted by Gasteiger charge is 2.21. The van der Waals surface area contributed by atoms with E-state index in [1.807, 2.05) is 38.1 Å². The van der Waals surface area contributed by atoms with Gasteiger partial charge in [0.05, 0.1) is 17.2 Å². The van der Waals surface area contributed by atoms with E-state index < -0.39 is 4.92 Å². The van der Waals surface area contributed by atoms with Gasteiger partial charge in [0, 0.05) is 6.04 Å². The van der Waals surface area contributed by atoms with E-state index in [1.165, 1.54) is 0 Å². The fourth-order valence-corrected chi connectivity index (χ4v) is 1.66. The van der Waals surface area contributed by atoms with Crippen LogP contribution in [0.25, 0.3) is 0 Å². The van der Waals surface area contributed by atoms with E-state index in [1.54, 1.807) is 0 Å². The summed E-state index contributed by atoms with van der Waals surface area (Å²) >= 11 is 0. The van der Waals surface area contributed by atoms with Gasteiger partial charge in [-0.3, -0.25) is 10.1 Å². The molecule has 0 aromatic heterocycles. The van der Waals surface area contributed by atoms with Crippen molar-refractivity contribution in [2.75, 3.05) is 11.9 Å². The molecule has 0 saturated carbocycles. The first-order chi connectivity index (χ1) is 10.2. The van der Waals surface area contributed by atoms with E-state index in [9.17, 15) is 10.1 Å². The zero-order valence-electron chi connectivity index (χ0n) is 13.8. The molecule has 6 nitrogen and oxygen atoms in total. The zero-order chi connectivity index (χ0) is 16.8. The lowest BCUT2D eigenvalue weighted by Crippen LogP contribution is -2.39. The highest BCUT2D eigenvalue weighted by molar-refractivity contribution is 5.59. The molecule has 22 heavy (non-hydrogen) atoms. The lowest BCUT2D eigenvalue weighted by Gasteiger charge is -2.29. The molecule has 0 spiro atoms. The molecule has 0 saturated heterocycles. The van der Waals surface area contributed by atoms with E-state index in [4.69, 9.17) is 4.74 Å². The third-order valence-electron chi connectivity index (χ3n) is 3.36. The van der Waals surface area contributed by atoms with Gasteiger partial charge in [0.1, 0.15) is 5.75 Å². The number of rotatable bonds is 7. The Morgan fingerprint density at radius 3 is 2.59 bits per heavy atom. The average Bonchev–Trinajstić information content (AvgIpc) is 2.39. The summed E-state index contributed by atoms with van der Waals surface area (Å²) in [6, 6.07) is 7.40. The molecular weight excluding hydrogens is 282 g/mol. The Labute approximate surface area is 131 Å². The van der Waals surface area contributed by atoms with Gasteiger partial charge < -0.3 is 15.4 Å². The van der Waals surface area contributed by atoms with Gasteiger partial charge in [-0.05, 0) is 31.4 Å². The molecule has 122 valence electrons. The number of hydrogen-bond acceptors (Lipinski definition) is 5. The summed E-state index contributed by atoms with van der Waals surface area (Å²) in [5, 5.41) is 17.1. The van der Waals surface area contributed by atoms with Crippen molar-refractivity contribution < 1.29 is 9.66 Å². The summed E-state index contributed by atoms with van der Waals surface area (Å²) in [6.07, 6.45) is 0.935. The Morgan fingerprint density at radius 2 is 2.05 bits per heavy atom. The van der Waals surface area contributed by atoms with Gasteiger partial charge in [-0.1, -0.05) is 32.9 Å². The first-order valence-electron chi connectivity index (χ1n) is 7.34.